The Morgan fingerprint density at radius 1 is 0.600 bits per heavy atom. The van der Waals surface area contributed by atoms with E-state index in [1.807, 2.05) is 24.3 Å². The summed E-state index contributed by atoms with van der Waals surface area (Å²) in [5.74, 6) is -0.543. The third-order valence-corrected chi connectivity index (χ3v) is 8.99. The van der Waals surface area contributed by atoms with Crippen molar-refractivity contribution >= 4 is 0 Å². The summed E-state index contributed by atoms with van der Waals surface area (Å²) in [6.07, 6.45) is 17.0. The molecule has 1 aliphatic rings. The Morgan fingerprint density at radius 3 is 1.90 bits per heavy atom. The molecule has 1 aliphatic carbocycles. The number of hydrogen-bond donors (Lipinski definition) is 0. The predicted octanol–water partition coefficient (Wildman–Crippen LogP) is 12.2. The molecular formula is C37H47F3. The number of halogens is 3. The Kier molecular flexibility index (Phi) is 11.7. The van der Waals surface area contributed by atoms with Gasteiger partial charge in [-0.2, -0.15) is 0 Å². The van der Waals surface area contributed by atoms with Gasteiger partial charge >= 0.3 is 0 Å². The third-order valence-electron chi connectivity index (χ3n) is 8.99. The first kappa shape index (κ1) is 30.4. The van der Waals surface area contributed by atoms with E-state index in [0.29, 0.717) is 23.5 Å². The van der Waals surface area contributed by atoms with Gasteiger partial charge in [0.1, 0.15) is 5.82 Å². The summed E-state index contributed by atoms with van der Waals surface area (Å²) in [5.41, 5.74) is 3.86. The molecule has 0 bridgehead atoms. The van der Waals surface area contributed by atoms with Crippen LogP contribution in [0, 0.1) is 23.4 Å². The molecule has 0 nitrogen and oxygen atoms in total. The van der Waals surface area contributed by atoms with Gasteiger partial charge in [0.25, 0.3) is 0 Å². The highest BCUT2D eigenvalue weighted by Gasteiger charge is 2.24. The van der Waals surface area contributed by atoms with Crippen molar-refractivity contribution < 1.29 is 13.2 Å². The highest BCUT2D eigenvalue weighted by atomic mass is 19.2. The second kappa shape index (κ2) is 15.5. The summed E-state index contributed by atoms with van der Waals surface area (Å²) < 4.78 is 45.1. The van der Waals surface area contributed by atoms with Gasteiger partial charge in [-0.25, -0.2) is 13.2 Å². The minimum Gasteiger partial charge on any atom is -0.207 e. The molecule has 40 heavy (non-hydrogen) atoms. The molecule has 216 valence electrons. The molecule has 3 aromatic carbocycles. The van der Waals surface area contributed by atoms with E-state index in [4.69, 9.17) is 0 Å². The maximum atomic E-state index is 15.2. The summed E-state index contributed by atoms with van der Waals surface area (Å²) >= 11 is 0. The van der Waals surface area contributed by atoms with Gasteiger partial charge in [0.15, 0.2) is 11.6 Å². The average molecular weight is 549 g/mol. The van der Waals surface area contributed by atoms with Crippen LogP contribution in [-0.4, -0.2) is 0 Å². The van der Waals surface area contributed by atoms with Crippen LogP contribution in [0.5, 0.6) is 0 Å². The number of rotatable bonds is 14. The molecule has 0 radical (unpaired) electrons. The molecule has 0 aliphatic heterocycles. The van der Waals surface area contributed by atoms with Gasteiger partial charge in [-0.3, -0.25) is 0 Å². The molecule has 4 rings (SSSR count). The summed E-state index contributed by atoms with van der Waals surface area (Å²) in [6.45, 7) is 4.44. The van der Waals surface area contributed by atoms with Gasteiger partial charge in [0.05, 0.1) is 0 Å². The van der Waals surface area contributed by atoms with E-state index < -0.39 is 11.6 Å². The number of aryl methyl sites for hydroxylation is 1. The molecule has 0 atom stereocenters. The number of unbranched alkanes of at least 4 members (excludes halogenated alkanes) is 7. The van der Waals surface area contributed by atoms with Gasteiger partial charge in [-0.05, 0) is 84.2 Å². The second-order valence-electron chi connectivity index (χ2n) is 11.9. The SMILES string of the molecule is CCCCCCCCCc1ccc(-c2ccc(-c3ccc(C4CCC(CCCC)CC4)c(F)c3)cc2)c(F)c1F. The predicted molar refractivity (Wildman–Crippen MR) is 163 cm³/mol. The molecule has 3 heteroatoms. The molecular weight excluding hydrogens is 501 g/mol. The fraction of sp³-hybridized carbons (Fsp3) is 0.514. The van der Waals surface area contributed by atoms with Crippen LogP contribution in [0.4, 0.5) is 13.2 Å². The largest absolute Gasteiger partial charge is 0.207 e. The van der Waals surface area contributed by atoms with E-state index in [-0.39, 0.29) is 11.4 Å². The summed E-state index contributed by atoms with van der Waals surface area (Å²) in [6, 6.07) is 16.3. The number of benzene rings is 3. The van der Waals surface area contributed by atoms with Crippen LogP contribution in [0.3, 0.4) is 0 Å². The van der Waals surface area contributed by atoms with Crippen molar-refractivity contribution in [1.82, 2.24) is 0 Å². The van der Waals surface area contributed by atoms with E-state index in [1.165, 1.54) is 57.8 Å². The van der Waals surface area contributed by atoms with Crippen LogP contribution in [-0.2, 0) is 6.42 Å². The molecule has 0 spiro atoms. The van der Waals surface area contributed by atoms with E-state index in [2.05, 4.69) is 13.8 Å². The summed E-state index contributed by atoms with van der Waals surface area (Å²) in [4.78, 5) is 0. The molecule has 3 aromatic rings. The molecule has 0 aromatic heterocycles. The fourth-order valence-electron chi connectivity index (χ4n) is 6.41. The standard InChI is InChI=1S/C37H47F3/c1-3-5-7-8-9-10-11-13-31-22-25-34(37(40)36(31)39)30-20-18-28(19-21-30)32-23-24-33(35(38)26-32)29-16-14-27(15-17-29)12-6-4-2/h18-27,29H,3-17H2,1-2H3. The maximum Gasteiger partial charge on any atom is 0.166 e. The van der Waals surface area contributed by atoms with Crippen molar-refractivity contribution in [1.29, 1.82) is 0 Å². The molecule has 0 N–H and O–H groups in total. The van der Waals surface area contributed by atoms with E-state index in [1.54, 1.807) is 30.3 Å². The summed E-state index contributed by atoms with van der Waals surface area (Å²) in [5, 5.41) is 0. The number of hydrogen-bond acceptors (Lipinski definition) is 0. The monoisotopic (exact) mass is 548 g/mol. The maximum absolute atomic E-state index is 15.2. The van der Waals surface area contributed by atoms with Crippen molar-refractivity contribution in [2.45, 2.75) is 116 Å². The van der Waals surface area contributed by atoms with Crippen molar-refractivity contribution in [2.75, 3.05) is 0 Å². The average Bonchev–Trinajstić information content (AvgIpc) is 2.98. The topological polar surface area (TPSA) is 0 Å². The highest BCUT2D eigenvalue weighted by Crippen LogP contribution is 2.39. The zero-order valence-electron chi connectivity index (χ0n) is 24.6. The van der Waals surface area contributed by atoms with Crippen molar-refractivity contribution in [3.63, 3.8) is 0 Å². The van der Waals surface area contributed by atoms with E-state index in [9.17, 15) is 4.39 Å². The lowest BCUT2D eigenvalue weighted by atomic mass is 9.77. The second-order valence-corrected chi connectivity index (χ2v) is 11.9. The first-order valence-corrected chi connectivity index (χ1v) is 15.9. The lowest BCUT2D eigenvalue weighted by Gasteiger charge is -2.29. The third kappa shape index (κ3) is 8.02. The van der Waals surface area contributed by atoms with Gasteiger partial charge in [0.2, 0.25) is 0 Å². The molecule has 0 saturated heterocycles. The van der Waals surface area contributed by atoms with E-state index >= 15 is 8.78 Å². The minimum atomic E-state index is -0.784. The van der Waals surface area contributed by atoms with Crippen molar-refractivity contribution in [3.8, 4) is 22.3 Å². The van der Waals surface area contributed by atoms with Crippen LogP contribution < -0.4 is 0 Å². The first-order valence-electron chi connectivity index (χ1n) is 15.9. The zero-order chi connectivity index (χ0) is 28.3. The minimum absolute atomic E-state index is 0.136. The summed E-state index contributed by atoms with van der Waals surface area (Å²) in [7, 11) is 0. The van der Waals surface area contributed by atoms with Gasteiger partial charge in [-0.15, -0.1) is 0 Å². The lowest BCUT2D eigenvalue weighted by Crippen LogP contribution is -2.14. The zero-order valence-corrected chi connectivity index (χ0v) is 24.6. The molecule has 1 saturated carbocycles. The van der Waals surface area contributed by atoms with Crippen LogP contribution in [0.2, 0.25) is 0 Å². The first-order chi connectivity index (χ1) is 19.5. The van der Waals surface area contributed by atoms with Gasteiger partial charge in [0, 0.05) is 5.56 Å². The normalized spacial score (nSPS) is 17.3. The Bertz CT molecular complexity index is 1190. The van der Waals surface area contributed by atoms with Crippen LogP contribution >= 0.6 is 0 Å². The fourth-order valence-corrected chi connectivity index (χ4v) is 6.41. The molecule has 0 unspecified atom stereocenters. The molecule has 1 fully saturated rings. The Labute approximate surface area is 240 Å². The molecule has 0 amide bonds. The van der Waals surface area contributed by atoms with Gasteiger partial charge < -0.3 is 0 Å². The van der Waals surface area contributed by atoms with Crippen molar-refractivity contribution in [2.24, 2.45) is 5.92 Å². The lowest BCUT2D eigenvalue weighted by molar-refractivity contribution is 0.301. The van der Waals surface area contributed by atoms with E-state index in [0.717, 1.165) is 54.7 Å². The Morgan fingerprint density at radius 2 is 1.23 bits per heavy atom. The smallest absolute Gasteiger partial charge is 0.166 e. The van der Waals surface area contributed by atoms with Crippen LogP contribution in [0.15, 0.2) is 54.6 Å². The molecule has 0 heterocycles. The quantitative estimate of drug-likeness (QED) is 0.176. The van der Waals surface area contributed by atoms with Crippen LogP contribution in [0.25, 0.3) is 22.3 Å². The highest BCUT2D eigenvalue weighted by molar-refractivity contribution is 5.71. The Balaban J connectivity index is 1.36. The Hall–Kier alpha value is -2.55. The van der Waals surface area contributed by atoms with Crippen LogP contribution in [0.1, 0.15) is 121 Å². The van der Waals surface area contributed by atoms with Gasteiger partial charge in [-0.1, -0.05) is 120 Å². The van der Waals surface area contributed by atoms with Crippen molar-refractivity contribution in [3.05, 3.63) is 83.2 Å².